The lowest BCUT2D eigenvalue weighted by Gasteiger charge is -2.01. The molecular weight excluding hydrogens is 160 g/mol. The minimum absolute atomic E-state index is 0.222. The van der Waals surface area contributed by atoms with Gasteiger partial charge in [-0.05, 0) is 36.5 Å². The van der Waals surface area contributed by atoms with Gasteiger partial charge in [0.1, 0.15) is 11.5 Å². The fraction of sp³-hybridized carbons (Fsp3) is 0.125. The van der Waals surface area contributed by atoms with Crippen LogP contribution in [0, 0.1) is 0 Å². The van der Waals surface area contributed by atoms with Crippen LogP contribution in [0.3, 0.4) is 0 Å². The lowest BCUT2D eigenvalue weighted by atomic mass is 10.3. The second-order valence-corrected chi connectivity index (χ2v) is 2.66. The molecule has 1 N–H and O–H groups in total. The summed E-state index contributed by atoms with van der Waals surface area (Å²) >= 11 is 4.73. The third-order valence-corrected chi connectivity index (χ3v) is 1.18. The highest BCUT2D eigenvalue weighted by molar-refractivity contribution is 7.80. The Kier molecular flexibility index (Phi) is 2.44. The van der Waals surface area contributed by atoms with Gasteiger partial charge in [0.25, 0.3) is 0 Å². The zero-order valence-corrected chi connectivity index (χ0v) is 6.89. The van der Waals surface area contributed by atoms with Crippen LogP contribution in [0.2, 0.25) is 0 Å². The van der Waals surface area contributed by atoms with Gasteiger partial charge in [-0.25, -0.2) is 0 Å². The summed E-state index contributed by atoms with van der Waals surface area (Å²) in [6.45, 7) is 1.70. The van der Waals surface area contributed by atoms with E-state index in [1.165, 1.54) is 0 Å². The van der Waals surface area contributed by atoms with Gasteiger partial charge >= 0.3 is 0 Å². The predicted octanol–water partition coefficient (Wildman–Crippen LogP) is 2.12. The monoisotopic (exact) mass is 168 g/mol. The number of rotatable bonds is 1. The van der Waals surface area contributed by atoms with Crippen molar-refractivity contribution in [1.82, 2.24) is 0 Å². The number of phenolic OH excluding ortho intramolecular Hbond substituents is 1. The summed E-state index contributed by atoms with van der Waals surface area (Å²) in [5.41, 5.74) is 0. The van der Waals surface area contributed by atoms with Crippen LogP contribution < -0.4 is 4.74 Å². The van der Waals surface area contributed by atoms with E-state index in [4.69, 9.17) is 22.1 Å². The summed E-state index contributed by atoms with van der Waals surface area (Å²) in [4.78, 5) is 0. The van der Waals surface area contributed by atoms with E-state index in [2.05, 4.69) is 0 Å². The van der Waals surface area contributed by atoms with E-state index in [1.807, 2.05) is 0 Å². The zero-order chi connectivity index (χ0) is 8.27. The van der Waals surface area contributed by atoms with Gasteiger partial charge in [0.2, 0.25) is 0 Å². The summed E-state index contributed by atoms with van der Waals surface area (Å²) in [6, 6.07) is 6.41. The van der Waals surface area contributed by atoms with E-state index in [0.29, 0.717) is 10.8 Å². The largest absolute Gasteiger partial charge is 0.508 e. The minimum Gasteiger partial charge on any atom is -0.508 e. The van der Waals surface area contributed by atoms with E-state index in [0.717, 1.165) is 0 Å². The van der Waals surface area contributed by atoms with E-state index < -0.39 is 0 Å². The van der Waals surface area contributed by atoms with Crippen LogP contribution in [0.1, 0.15) is 6.92 Å². The van der Waals surface area contributed by atoms with Crippen LogP contribution in [0.15, 0.2) is 24.3 Å². The predicted molar refractivity (Wildman–Crippen MR) is 47.0 cm³/mol. The van der Waals surface area contributed by atoms with Gasteiger partial charge in [-0.2, -0.15) is 0 Å². The average Bonchev–Trinajstić information content (AvgIpc) is 1.93. The van der Waals surface area contributed by atoms with Crippen molar-refractivity contribution in [1.29, 1.82) is 0 Å². The molecule has 0 aromatic heterocycles. The number of aromatic hydroxyl groups is 1. The molecule has 58 valence electrons. The SMILES string of the molecule is CC(=S)Oc1ccc(O)cc1. The molecule has 0 aliphatic carbocycles. The standard InChI is InChI=1S/C8H8O2S/c1-6(11)10-8-4-2-7(9)3-5-8/h2-5,9H,1H3. The lowest BCUT2D eigenvalue weighted by molar-refractivity contribution is 0.473. The van der Waals surface area contributed by atoms with Crippen molar-refractivity contribution < 1.29 is 9.84 Å². The van der Waals surface area contributed by atoms with E-state index >= 15 is 0 Å². The number of phenols is 1. The van der Waals surface area contributed by atoms with Crippen molar-refractivity contribution in [3.8, 4) is 11.5 Å². The van der Waals surface area contributed by atoms with Gasteiger partial charge in [-0.15, -0.1) is 0 Å². The molecule has 0 atom stereocenters. The number of thiocarbonyl (C=S) groups is 1. The Morgan fingerprint density at radius 2 is 1.91 bits per heavy atom. The highest BCUT2D eigenvalue weighted by Crippen LogP contribution is 2.15. The van der Waals surface area contributed by atoms with Gasteiger partial charge in [0, 0.05) is 6.92 Å². The smallest absolute Gasteiger partial charge is 0.164 e. The molecule has 0 fully saturated rings. The molecule has 0 unspecified atom stereocenters. The van der Waals surface area contributed by atoms with Gasteiger partial charge in [-0.3, -0.25) is 0 Å². The third-order valence-electron chi connectivity index (χ3n) is 1.10. The fourth-order valence-electron chi connectivity index (χ4n) is 0.680. The van der Waals surface area contributed by atoms with E-state index in [1.54, 1.807) is 31.2 Å². The normalized spacial score (nSPS) is 9.18. The highest BCUT2D eigenvalue weighted by atomic mass is 32.1. The average molecular weight is 168 g/mol. The molecule has 0 aliphatic heterocycles. The van der Waals surface area contributed by atoms with Gasteiger partial charge in [0.05, 0.1) is 0 Å². The Morgan fingerprint density at radius 3 is 2.36 bits per heavy atom. The maximum Gasteiger partial charge on any atom is 0.164 e. The van der Waals surface area contributed by atoms with Crippen molar-refractivity contribution in [2.75, 3.05) is 0 Å². The quantitative estimate of drug-likeness (QED) is 0.651. The van der Waals surface area contributed by atoms with Crippen molar-refractivity contribution in [3.05, 3.63) is 24.3 Å². The van der Waals surface area contributed by atoms with Crippen molar-refractivity contribution in [2.24, 2.45) is 0 Å². The molecule has 2 nitrogen and oxygen atoms in total. The number of benzene rings is 1. The Hall–Kier alpha value is -1.09. The molecule has 0 saturated heterocycles. The first-order valence-electron chi connectivity index (χ1n) is 3.16. The Bertz CT molecular complexity index is 253. The highest BCUT2D eigenvalue weighted by Gasteiger charge is 1.93. The number of hydrogen-bond donors (Lipinski definition) is 1. The van der Waals surface area contributed by atoms with Crippen LogP contribution in [-0.2, 0) is 0 Å². The summed E-state index contributed by atoms with van der Waals surface area (Å²) in [6.07, 6.45) is 0. The fourth-order valence-corrected chi connectivity index (χ4v) is 0.776. The number of hydrogen-bond acceptors (Lipinski definition) is 3. The van der Waals surface area contributed by atoms with Gasteiger partial charge in [-0.1, -0.05) is 0 Å². The van der Waals surface area contributed by atoms with E-state index in [9.17, 15) is 0 Å². The first kappa shape index (κ1) is 8.01. The molecule has 11 heavy (non-hydrogen) atoms. The number of ether oxygens (including phenoxy) is 1. The summed E-state index contributed by atoms with van der Waals surface area (Å²) in [5, 5.41) is 9.37. The van der Waals surface area contributed by atoms with Crippen LogP contribution >= 0.6 is 12.2 Å². The molecule has 0 aliphatic rings. The molecule has 0 radical (unpaired) electrons. The molecule has 3 heteroatoms. The molecule has 0 heterocycles. The lowest BCUT2D eigenvalue weighted by Crippen LogP contribution is -1.97. The van der Waals surface area contributed by atoms with Crippen LogP contribution in [0.5, 0.6) is 11.5 Å². The van der Waals surface area contributed by atoms with Crippen LogP contribution in [0.25, 0.3) is 0 Å². The van der Waals surface area contributed by atoms with Crippen molar-refractivity contribution >= 4 is 17.3 Å². The first-order valence-corrected chi connectivity index (χ1v) is 3.57. The molecule has 1 aromatic rings. The molecule has 1 aromatic carbocycles. The first-order chi connectivity index (χ1) is 5.18. The Morgan fingerprint density at radius 1 is 1.36 bits per heavy atom. The zero-order valence-electron chi connectivity index (χ0n) is 6.07. The molecule has 1 rings (SSSR count). The van der Waals surface area contributed by atoms with Crippen molar-refractivity contribution in [2.45, 2.75) is 6.92 Å². The van der Waals surface area contributed by atoms with Crippen molar-refractivity contribution in [3.63, 3.8) is 0 Å². The Balaban J connectivity index is 2.74. The van der Waals surface area contributed by atoms with E-state index in [-0.39, 0.29) is 5.75 Å². The van der Waals surface area contributed by atoms with Crippen LogP contribution in [-0.4, -0.2) is 10.2 Å². The molecular formula is C8H8O2S. The van der Waals surface area contributed by atoms with Crippen LogP contribution in [0.4, 0.5) is 0 Å². The molecule has 0 spiro atoms. The minimum atomic E-state index is 0.222. The second-order valence-electron chi connectivity index (χ2n) is 2.09. The van der Waals surface area contributed by atoms with Gasteiger partial charge in [0.15, 0.2) is 5.05 Å². The molecule has 0 amide bonds. The summed E-state index contributed by atoms with van der Waals surface area (Å²) in [7, 11) is 0. The molecule has 0 saturated carbocycles. The topological polar surface area (TPSA) is 29.5 Å². The molecule has 0 bridgehead atoms. The summed E-state index contributed by atoms with van der Waals surface area (Å²) in [5.74, 6) is 0.870. The maximum atomic E-state index is 8.90. The maximum absolute atomic E-state index is 8.90. The van der Waals surface area contributed by atoms with Gasteiger partial charge < -0.3 is 9.84 Å². The Labute approximate surface area is 70.4 Å². The summed E-state index contributed by atoms with van der Waals surface area (Å²) < 4.78 is 5.09. The third kappa shape index (κ3) is 2.55. The second kappa shape index (κ2) is 3.34.